The lowest BCUT2D eigenvalue weighted by Crippen LogP contribution is -2.11. The second-order valence-corrected chi connectivity index (χ2v) is 5.37. The zero-order valence-corrected chi connectivity index (χ0v) is 11.7. The van der Waals surface area contributed by atoms with Crippen molar-refractivity contribution in [3.63, 3.8) is 0 Å². The van der Waals surface area contributed by atoms with Crippen LogP contribution in [0, 0.1) is 19.7 Å². The Morgan fingerprint density at radius 3 is 2.83 bits per heavy atom. The summed E-state index contributed by atoms with van der Waals surface area (Å²) in [4.78, 5) is 5.65. The zero-order chi connectivity index (χ0) is 13.1. The third kappa shape index (κ3) is 2.76. The van der Waals surface area contributed by atoms with Gasteiger partial charge in [0.15, 0.2) is 0 Å². The summed E-state index contributed by atoms with van der Waals surface area (Å²) in [5.74, 6) is -0.204. The van der Waals surface area contributed by atoms with E-state index in [1.165, 1.54) is 10.9 Å². The highest BCUT2D eigenvalue weighted by atomic mass is 32.1. The van der Waals surface area contributed by atoms with Crippen molar-refractivity contribution in [3.8, 4) is 10.6 Å². The number of nitrogens with zero attached hydrogens (tertiary/aromatic N) is 1. The third-order valence-corrected chi connectivity index (χ3v) is 3.97. The van der Waals surface area contributed by atoms with E-state index >= 15 is 0 Å². The second kappa shape index (κ2) is 5.59. The standard InChI is InChI=1S/C14H17FN2S/c1-4-16-8-13-10(3)17-14(18-13)11-7-9(2)5-6-12(11)15/h5-7,16H,4,8H2,1-3H3. The number of hydrogen-bond donors (Lipinski definition) is 1. The fourth-order valence-corrected chi connectivity index (χ4v) is 2.80. The first kappa shape index (κ1) is 13.2. The SMILES string of the molecule is CCNCc1sc(-c2cc(C)ccc2F)nc1C. The molecule has 0 spiro atoms. The zero-order valence-electron chi connectivity index (χ0n) is 10.9. The molecule has 96 valence electrons. The molecule has 1 aromatic heterocycles. The normalized spacial score (nSPS) is 10.9. The number of aryl methyl sites for hydroxylation is 2. The van der Waals surface area contributed by atoms with Crippen LogP contribution in [0.25, 0.3) is 10.6 Å². The van der Waals surface area contributed by atoms with Gasteiger partial charge in [0, 0.05) is 17.0 Å². The molecule has 4 heteroatoms. The highest BCUT2D eigenvalue weighted by Crippen LogP contribution is 2.30. The minimum Gasteiger partial charge on any atom is -0.312 e. The summed E-state index contributed by atoms with van der Waals surface area (Å²) in [6.45, 7) is 7.72. The van der Waals surface area contributed by atoms with E-state index in [-0.39, 0.29) is 5.82 Å². The molecule has 1 heterocycles. The number of aromatic nitrogens is 1. The molecule has 2 nitrogen and oxygen atoms in total. The van der Waals surface area contributed by atoms with Gasteiger partial charge in [0.1, 0.15) is 10.8 Å². The number of benzene rings is 1. The molecule has 1 aromatic carbocycles. The van der Waals surface area contributed by atoms with Gasteiger partial charge in [-0.1, -0.05) is 18.6 Å². The van der Waals surface area contributed by atoms with Crippen molar-refractivity contribution < 1.29 is 4.39 Å². The molecule has 0 saturated carbocycles. The topological polar surface area (TPSA) is 24.9 Å². The van der Waals surface area contributed by atoms with Gasteiger partial charge in [-0.25, -0.2) is 9.37 Å². The van der Waals surface area contributed by atoms with Crippen molar-refractivity contribution in [1.82, 2.24) is 10.3 Å². The lowest BCUT2D eigenvalue weighted by atomic mass is 10.1. The maximum atomic E-state index is 13.8. The lowest BCUT2D eigenvalue weighted by Gasteiger charge is -2.00. The van der Waals surface area contributed by atoms with Crippen molar-refractivity contribution >= 4 is 11.3 Å². The Balaban J connectivity index is 2.36. The summed E-state index contributed by atoms with van der Waals surface area (Å²) < 4.78 is 13.8. The second-order valence-electron chi connectivity index (χ2n) is 4.29. The van der Waals surface area contributed by atoms with Crippen LogP contribution in [-0.4, -0.2) is 11.5 Å². The Morgan fingerprint density at radius 2 is 2.11 bits per heavy atom. The first-order chi connectivity index (χ1) is 8.61. The van der Waals surface area contributed by atoms with Crippen LogP contribution in [0.5, 0.6) is 0 Å². The molecule has 0 aliphatic heterocycles. The van der Waals surface area contributed by atoms with Crippen LogP contribution in [0.15, 0.2) is 18.2 Å². The molecule has 0 amide bonds. The van der Waals surface area contributed by atoms with Crippen LogP contribution in [0.3, 0.4) is 0 Å². The Morgan fingerprint density at radius 1 is 1.33 bits per heavy atom. The number of rotatable bonds is 4. The van der Waals surface area contributed by atoms with E-state index < -0.39 is 0 Å². The predicted molar refractivity (Wildman–Crippen MR) is 74.4 cm³/mol. The minimum absolute atomic E-state index is 0.204. The molecule has 0 saturated heterocycles. The largest absolute Gasteiger partial charge is 0.312 e. The fourth-order valence-electron chi connectivity index (χ4n) is 1.75. The van der Waals surface area contributed by atoms with Crippen LogP contribution in [0.2, 0.25) is 0 Å². The van der Waals surface area contributed by atoms with Crippen LogP contribution in [0.4, 0.5) is 4.39 Å². The lowest BCUT2D eigenvalue weighted by molar-refractivity contribution is 0.630. The summed E-state index contributed by atoms with van der Waals surface area (Å²) in [6.07, 6.45) is 0. The molecule has 18 heavy (non-hydrogen) atoms. The van der Waals surface area contributed by atoms with E-state index in [2.05, 4.69) is 17.2 Å². The summed E-state index contributed by atoms with van der Waals surface area (Å²) in [5.41, 5.74) is 2.63. The third-order valence-electron chi connectivity index (χ3n) is 2.78. The Hall–Kier alpha value is -1.26. The van der Waals surface area contributed by atoms with Gasteiger partial charge >= 0.3 is 0 Å². The molecule has 1 N–H and O–H groups in total. The molecule has 0 bridgehead atoms. The summed E-state index contributed by atoms with van der Waals surface area (Å²) >= 11 is 1.56. The van der Waals surface area contributed by atoms with Crippen LogP contribution >= 0.6 is 11.3 Å². The van der Waals surface area contributed by atoms with E-state index in [9.17, 15) is 4.39 Å². The van der Waals surface area contributed by atoms with Crippen molar-refractivity contribution in [2.24, 2.45) is 0 Å². The van der Waals surface area contributed by atoms with Gasteiger partial charge in [-0.15, -0.1) is 11.3 Å². The molecule has 0 fully saturated rings. The quantitative estimate of drug-likeness (QED) is 0.911. The molecule has 2 rings (SSSR count). The Kier molecular flexibility index (Phi) is 4.09. The predicted octanol–water partition coefficient (Wildman–Crippen LogP) is 3.68. The molecule has 0 atom stereocenters. The van der Waals surface area contributed by atoms with Gasteiger partial charge < -0.3 is 5.32 Å². The summed E-state index contributed by atoms with van der Waals surface area (Å²) in [7, 11) is 0. The van der Waals surface area contributed by atoms with Crippen molar-refractivity contribution in [2.45, 2.75) is 27.3 Å². The van der Waals surface area contributed by atoms with Crippen molar-refractivity contribution in [1.29, 1.82) is 0 Å². The van der Waals surface area contributed by atoms with Crippen molar-refractivity contribution in [3.05, 3.63) is 40.2 Å². The van der Waals surface area contributed by atoms with E-state index in [4.69, 9.17) is 0 Å². The van der Waals surface area contributed by atoms with Gasteiger partial charge in [-0.2, -0.15) is 0 Å². The average Bonchev–Trinajstić information content (AvgIpc) is 2.71. The molecule has 0 unspecified atom stereocenters. The smallest absolute Gasteiger partial charge is 0.133 e. The number of halogens is 1. The van der Waals surface area contributed by atoms with Crippen LogP contribution in [-0.2, 0) is 6.54 Å². The maximum Gasteiger partial charge on any atom is 0.133 e. The van der Waals surface area contributed by atoms with E-state index in [1.54, 1.807) is 17.4 Å². The van der Waals surface area contributed by atoms with Gasteiger partial charge in [-0.3, -0.25) is 0 Å². The van der Waals surface area contributed by atoms with E-state index in [0.717, 1.165) is 29.4 Å². The molecule has 0 aliphatic carbocycles. The number of nitrogens with one attached hydrogen (secondary N) is 1. The van der Waals surface area contributed by atoms with Gasteiger partial charge in [-0.05, 0) is 32.5 Å². The molecule has 2 aromatic rings. The number of thiazole rings is 1. The monoisotopic (exact) mass is 264 g/mol. The first-order valence-electron chi connectivity index (χ1n) is 6.05. The van der Waals surface area contributed by atoms with E-state index in [1.807, 2.05) is 19.9 Å². The molecule has 0 radical (unpaired) electrons. The van der Waals surface area contributed by atoms with Gasteiger partial charge in [0.25, 0.3) is 0 Å². The van der Waals surface area contributed by atoms with Crippen molar-refractivity contribution in [2.75, 3.05) is 6.54 Å². The first-order valence-corrected chi connectivity index (χ1v) is 6.87. The fraction of sp³-hybridized carbons (Fsp3) is 0.357. The van der Waals surface area contributed by atoms with Gasteiger partial charge in [0.2, 0.25) is 0 Å². The minimum atomic E-state index is -0.204. The van der Waals surface area contributed by atoms with Crippen LogP contribution in [0.1, 0.15) is 23.1 Å². The maximum absolute atomic E-state index is 13.8. The number of hydrogen-bond acceptors (Lipinski definition) is 3. The summed E-state index contributed by atoms with van der Waals surface area (Å²) in [5, 5.41) is 4.04. The highest BCUT2D eigenvalue weighted by molar-refractivity contribution is 7.15. The molecule has 0 aliphatic rings. The average molecular weight is 264 g/mol. The Bertz CT molecular complexity index is 549. The highest BCUT2D eigenvalue weighted by Gasteiger charge is 2.12. The Labute approximate surface area is 111 Å². The van der Waals surface area contributed by atoms with Gasteiger partial charge in [0.05, 0.1) is 5.69 Å². The van der Waals surface area contributed by atoms with E-state index in [0.29, 0.717) is 5.56 Å². The van der Waals surface area contributed by atoms with Crippen LogP contribution < -0.4 is 5.32 Å². The molecular formula is C14H17FN2S. The molecular weight excluding hydrogens is 247 g/mol. The summed E-state index contributed by atoms with van der Waals surface area (Å²) in [6, 6.07) is 5.13.